The Morgan fingerprint density at radius 3 is 2.49 bits per heavy atom. The Labute approximate surface area is 237 Å². The predicted molar refractivity (Wildman–Crippen MR) is 151 cm³/mol. The van der Waals surface area contributed by atoms with Crippen molar-refractivity contribution in [3.63, 3.8) is 0 Å². The van der Waals surface area contributed by atoms with Crippen molar-refractivity contribution in [2.75, 3.05) is 19.8 Å². The smallest absolute Gasteiger partial charge is 0.293 e. The summed E-state index contributed by atoms with van der Waals surface area (Å²) in [6.45, 7) is 2.90. The minimum Gasteiger partial charge on any atom is -0.492 e. The standard InChI is InChI=1S/C27H22BrCl2NO5S/c1-2-34-23-14-18(12-20(28)25(23)36-16-17-8-9-21(29)22(30)13-17)15-24-26(32)31(27(33)37-24)10-11-35-19-6-4-3-5-7-19/h3-9,12-15H,2,10-11,16H2,1H3/b24-15-. The van der Waals surface area contributed by atoms with Crippen LogP contribution in [0.3, 0.4) is 0 Å². The number of hydrogen-bond donors (Lipinski definition) is 0. The van der Waals surface area contributed by atoms with E-state index in [4.69, 9.17) is 37.4 Å². The summed E-state index contributed by atoms with van der Waals surface area (Å²) in [7, 11) is 0. The summed E-state index contributed by atoms with van der Waals surface area (Å²) in [5.74, 6) is 1.33. The van der Waals surface area contributed by atoms with Gasteiger partial charge in [0.1, 0.15) is 19.0 Å². The van der Waals surface area contributed by atoms with E-state index in [1.54, 1.807) is 30.3 Å². The van der Waals surface area contributed by atoms with Gasteiger partial charge in [0.15, 0.2) is 11.5 Å². The molecule has 1 saturated heterocycles. The molecule has 3 aromatic rings. The van der Waals surface area contributed by atoms with Crippen LogP contribution in [0, 0.1) is 0 Å². The number of halogens is 3. The van der Waals surface area contributed by atoms with Crippen LogP contribution in [-0.4, -0.2) is 35.8 Å². The van der Waals surface area contributed by atoms with Gasteiger partial charge in [0, 0.05) is 0 Å². The van der Waals surface area contributed by atoms with E-state index in [2.05, 4.69) is 15.9 Å². The monoisotopic (exact) mass is 621 g/mol. The molecule has 2 amide bonds. The molecule has 0 aliphatic carbocycles. The highest BCUT2D eigenvalue weighted by atomic mass is 79.9. The van der Waals surface area contributed by atoms with Crippen LogP contribution >= 0.6 is 50.9 Å². The summed E-state index contributed by atoms with van der Waals surface area (Å²) < 4.78 is 18.1. The molecule has 10 heteroatoms. The van der Waals surface area contributed by atoms with Crippen molar-refractivity contribution in [2.45, 2.75) is 13.5 Å². The van der Waals surface area contributed by atoms with E-state index in [0.29, 0.717) is 48.8 Å². The van der Waals surface area contributed by atoms with Gasteiger partial charge in [0.2, 0.25) is 0 Å². The number of ether oxygens (including phenoxy) is 3. The Morgan fingerprint density at radius 1 is 0.973 bits per heavy atom. The lowest BCUT2D eigenvalue weighted by atomic mass is 10.1. The predicted octanol–water partition coefficient (Wildman–Crippen LogP) is 7.85. The third kappa shape index (κ3) is 7.02. The molecular weight excluding hydrogens is 601 g/mol. The van der Waals surface area contributed by atoms with E-state index in [0.717, 1.165) is 17.3 Å². The van der Waals surface area contributed by atoms with Crippen LogP contribution in [0.5, 0.6) is 17.2 Å². The van der Waals surface area contributed by atoms with Gasteiger partial charge in [-0.2, -0.15) is 0 Å². The van der Waals surface area contributed by atoms with Crippen LogP contribution in [-0.2, 0) is 11.4 Å². The summed E-state index contributed by atoms with van der Waals surface area (Å²) in [6.07, 6.45) is 1.67. The van der Waals surface area contributed by atoms with Crippen LogP contribution < -0.4 is 14.2 Å². The molecular formula is C27H22BrCl2NO5S. The Hall–Kier alpha value is -2.65. The van der Waals surface area contributed by atoms with Gasteiger partial charge in [-0.3, -0.25) is 14.5 Å². The first kappa shape index (κ1) is 27.4. The zero-order valence-corrected chi connectivity index (χ0v) is 23.6. The first-order chi connectivity index (χ1) is 17.9. The summed E-state index contributed by atoms with van der Waals surface area (Å²) in [6, 6.07) is 18.1. The first-order valence-electron chi connectivity index (χ1n) is 11.3. The van der Waals surface area contributed by atoms with Crippen LogP contribution in [0.25, 0.3) is 6.08 Å². The highest BCUT2D eigenvalue weighted by Crippen LogP contribution is 2.40. The van der Waals surface area contributed by atoms with E-state index < -0.39 is 0 Å². The van der Waals surface area contributed by atoms with E-state index in [9.17, 15) is 9.59 Å². The van der Waals surface area contributed by atoms with Gasteiger partial charge in [-0.05, 0) is 88.2 Å². The Morgan fingerprint density at radius 2 is 1.76 bits per heavy atom. The highest BCUT2D eigenvalue weighted by molar-refractivity contribution is 9.10. The maximum absolute atomic E-state index is 12.9. The second-order valence-corrected chi connectivity index (χ2v) is 10.5. The van der Waals surface area contributed by atoms with Crippen LogP contribution in [0.4, 0.5) is 4.79 Å². The largest absolute Gasteiger partial charge is 0.492 e. The highest BCUT2D eigenvalue weighted by Gasteiger charge is 2.35. The maximum Gasteiger partial charge on any atom is 0.293 e. The van der Waals surface area contributed by atoms with Gasteiger partial charge in [-0.25, -0.2) is 0 Å². The van der Waals surface area contributed by atoms with E-state index in [-0.39, 0.29) is 30.9 Å². The zero-order valence-electron chi connectivity index (χ0n) is 19.7. The van der Waals surface area contributed by atoms with Gasteiger partial charge in [0.25, 0.3) is 11.1 Å². The van der Waals surface area contributed by atoms with Crippen molar-refractivity contribution in [3.8, 4) is 17.2 Å². The second-order valence-electron chi connectivity index (χ2n) is 7.79. The molecule has 0 N–H and O–H groups in total. The Kier molecular flexibility index (Phi) is 9.43. The quantitative estimate of drug-likeness (QED) is 0.215. The molecule has 0 spiro atoms. The fraction of sp³-hybridized carbons (Fsp3) is 0.185. The fourth-order valence-electron chi connectivity index (χ4n) is 3.47. The SMILES string of the molecule is CCOc1cc(/C=C2\SC(=O)N(CCOc3ccccc3)C2=O)cc(Br)c1OCc1ccc(Cl)c(Cl)c1. The average Bonchev–Trinajstić information content (AvgIpc) is 3.13. The van der Waals surface area contributed by atoms with E-state index in [1.165, 1.54) is 4.90 Å². The summed E-state index contributed by atoms with van der Waals surface area (Å²) >= 11 is 16.5. The molecule has 192 valence electrons. The van der Waals surface area contributed by atoms with Gasteiger partial charge < -0.3 is 14.2 Å². The van der Waals surface area contributed by atoms with Crippen LogP contribution in [0.1, 0.15) is 18.1 Å². The number of imide groups is 1. The molecule has 1 heterocycles. The summed E-state index contributed by atoms with van der Waals surface area (Å²) in [4.78, 5) is 26.9. The number of carbonyl (C=O) groups is 2. The number of carbonyl (C=O) groups excluding carboxylic acids is 2. The van der Waals surface area contributed by atoms with Crippen molar-refractivity contribution < 1.29 is 23.8 Å². The van der Waals surface area contributed by atoms with E-state index in [1.807, 2.05) is 43.3 Å². The molecule has 6 nitrogen and oxygen atoms in total. The minimum atomic E-state index is -0.360. The molecule has 37 heavy (non-hydrogen) atoms. The molecule has 3 aromatic carbocycles. The normalized spacial score (nSPS) is 14.4. The van der Waals surface area contributed by atoms with Crippen LogP contribution in [0.2, 0.25) is 10.0 Å². The molecule has 1 fully saturated rings. The van der Waals surface area contributed by atoms with Crippen molar-refractivity contribution >= 4 is 68.1 Å². The molecule has 0 unspecified atom stereocenters. The molecule has 0 aromatic heterocycles. The summed E-state index contributed by atoms with van der Waals surface area (Å²) in [5, 5.41) is 0.584. The molecule has 0 radical (unpaired) electrons. The zero-order chi connectivity index (χ0) is 26.4. The fourth-order valence-corrected chi connectivity index (χ4v) is 5.23. The van der Waals surface area contributed by atoms with Crippen molar-refractivity contribution in [1.82, 2.24) is 4.90 Å². The number of rotatable bonds is 10. The van der Waals surface area contributed by atoms with Gasteiger partial charge in [-0.1, -0.05) is 47.5 Å². The lowest BCUT2D eigenvalue weighted by Crippen LogP contribution is -2.32. The minimum absolute atomic E-state index is 0.159. The topological polar surface area (TPSA) is 65.1 Å². The number of para-hydroxylation sites is 1. The van der Waals surface area contributed by atoms with E-state index >= 15 is 0 Å². The number of hydrogen-bond acceptors (Lipinski definition) is 6. The van der Waals surface area contributed by atoms with Crippen molar-refractivity contribution in [2.24, 2.45) is 0 Å². The van der Waals surface area contributed by atoms with Gasteiger partial charge in [0.05, 0.1) is 32.6 Å². The number of thioether (sulfide) groups is 1. The van der Waals surface area contributed by atoms with Crippen LogP contribution in [0.15, 0.2) is 70.0 Å². The number of amides is 2. The van der Waals surface area contributed by atoms with Gasteiger partial charge >= 0.3 is 0 Å². The molecule has 4 rings (SSSR count). The van der Waals surface area contributed by atoms with Crippen molar-refractivity contribution in [3.05, 3.63) is 91.2 Å². The first-order valence-corrected chi connectivity index (χ1v) is 13.7. The summed E-state index contributed by atoms with van der Waals surface area (Å²) in [5.41, 5.74) is 1.53. The lowest BCUT2D eigenvalue weighted by Gasteiger charge is -2.15. The molecule has 1 aliphatic heterocycles. The third-order valence-corrected chi connectivity index (χ3v) is 7.43. The second kappa shape index (κ2) is 12.7. The van der Waals surface area contributed by atoms with Gasteiger partial charge in [-0.15, -0.1) is 0 Å². The molecule has 0 bridgehead atoms. The maximum atomic E-state index is 12.9. The van der Waals surface area contributed by atoms with Crippen molar-refractivity contribution in [1.29, 1.82) is 0 Å². The molecule has 0 saturated carbocycles. The number of benzene rings is 3. The molecule has 1 aliphatic rings. The lowest BCUT2D eigenvalue weighted by molar-refractivity contribution is -0.123. The average molecular weight is 623 g/mol. The number of nitrogens with zero attached hydrogens (tertiary/aromatic N) is 1. The Balaban J connectivity index is 1.47. The molecule has 0 atom stereocenters. The third-order valence-electron chi connectivity index (χ3n) is 5.20. The Bertz CT molecular complexity index is 1340.